The number of anilines is 1. The SMILES string of the molecule is O=C(NCc1coc(-c2cccs2)n1)C1CC(=O)N(c2ccc3c(c2)OCCO3)C1. The van der Waals surface area contributed by atoms with Crippen molar-refractivity contribution in [2.75, 3.05) is 24.7 Å². The number of nitrogens with one attached hydrogen (secondary N) is 1. The molecule has 4 heterocycles. The highest BCUT2D eigenvalue weighted by atomic mass is 32.1. The molecule has 3 aromatic rings. The molecule has 1 N–H and O–H groups in total. The second-order valence-corrected chi connectivity index (χ2v) is 8.02. The Bertz CT molecular complexity index is 1080. The number of benzene rings is 1. The van der Waals surface area contributed by atoms with Crippen molar-refractivity contribution in [1.82, 2.24) is 10.3 Å². The zero-order chi connectivity index (χ0) is 20.5. The van der Waals surface area contributed by atoms with E-state index in [1.54, 1.807) is 17.0 Å². The van der Waals surface area contributed by atoms with Gasteiger partial charge in [0.2, 0.25) is 17.7 Å². The Morgan fingerprint density at radius 2 is 2.10 bits per heavy atom. The largest absolute Gasteiger partial charge is 0.486 e. The van der Waals surface area contributed by atoms with Crippen molar-refractivity contribution in [2.24, 2.45) is 5.92 Å². The smallest absolute Gasteiger partial charge is 0.236 e. The Labute approximate surface area is 176 Å². The summed E-state index contributed by atoms with van der Waals surface area (Å²) in [6, 6.07) is 9.24. The summed E-state index contributed by atoms with van der Waals surface area (Å²) in [5.74, 6) is 1.13. The van der Waals surface area contributed by atoms with E-state index in [1.165, 1.54) is 17.6 Å². The van der Waals surface area contributed by atoms with Crippen LogP contribution in [-0.2, 0) is 16.1 Å². The van der Waals surface area contributed by atoms with Gasteiger partial charge in [-0.15, -0.1) is 11.3 Å². The van der Waals surface area contributed by atoms with Crippen LogP contribution in [0.25, 0.3) is 10.8 Å². The number of carbonyl (C=O) groups excluding carboxylic acids is 2. The molecule has 0 radical (unpaired) electrons. The molecule has 1 unspecified atom stereocenters. The number of nitrogens with zero attached hydrogens (tertiary/aromatic N) is 2. The monoisotopic (exact) mass is 425 g/mol. The highest BCUT2D eigenvalue weighted by Gasteiger charge is 2.35. The maximum Gasteiger partial charge on any atom is 0.236 e. The first-order chi connectivity index (χ1) is 14.7. The van der Waals surface area contributed by atoms with Crippen LogP contribution < -0.4 is 19.7 Å². The van der Waals surface area contributed by atoms with Gasteiger partial charge >= 0.3 is 0 Å². The van der Waals surface area contributed by atoms with Gasteiger partial charge in [-0.05, 0) is 23.6 Å². The molecule has 1 atom stereocenters. The molecule has 1 fully saturated rings. The fourth-order valence-electron chi connectivity index (χ4n) is 3.56. The number of amides is 2. The molecule has 5 rings (SSSR count). The van der Waals surface area contributed by atoms with Crippen molar-refractivity contribution < 1.29 is 23.5 Å². The van der Waals surface area contributed by atoms with E-state index in [1.807, 2.05) is 23.6 Å². The predicted octanol–water partition coefficient (Wildman–Crippen LogP) is 2.84. The lowest BCUT2D eigenvalue weighted by Crippen LogP contribution is -2.32. The van der Waals surface area contributed by atoms with E-state index >= 15 is 0 Å². The molecule has 0 saturated carbocycles. The zero-order valence-corrected chi connectivity index (χ0v) is 16.8. The molecule has 0 bridgehead atoms. The minimum Gasteiger partial charge on any atom is -0.486 e. The summed E-state index contributed by atoms with van der Waals surface area (Å²) in [5.41, 5.74) is 1.34. The van der Waals surface area contributed by atoms with Crippen LogP contribution in [0.3, 0.4) is 0 Å². The summed E-state index contributed by atoms with van der Waals surface area (Å²) < 4.78 is 16.6. The fraction of sp³-hybridized carbons (Fsp3) is 0.286. The quantitative estimate of drug-likeness (QED) is 0.676. The summed E-state index contributed by atoms with van der Waals surface area (Å²) in [5, 5.41) is 4.81. The average Bonchev–Trinajstić information content (AvgIpc) is 3.52. The minimum absolute atomic E-state index is 0.0896. The molecule has 8 nitrogen and oxygen atoms in total. The standard InChI is InChI=1S/C21H19N3O5S/c25-19-8-13(11-24(19)15-3-4-16-17(9-15)28-6-5-27-16)20(26)22-10-14-12-29-21(23-14)18-2-1-7-30-18/h1-4,7,9,12-13H,5-6,8,10-11H2,(H,22,26). The summed E-state index contributed by atoms with van der Waals surface area (Å²) in [6.45, 7) is 1.56. The van der Waals surface area contributed by atoms with Crippen LogP contribution in [0.1, 0.15) is 12.1 Å². The third-order valence-electron chi connectivity index (χ3n) is 5.06. The summed E-state index contributed by atoms with van der Waals surface area (Å²) >= 11 is 1.54. The van der Waals surface area contributed by atoms with E-state index in [4.69, 9.17) is 13.9 Å². The van der Waals surface area contributed by atoms with Crippen LogP contribution >= 0.6 is 11.3 Å². The average molecular weight is 425 g/mol. The third kappa shape index (κ3) is 3.63. The minimum atomic E-state index is -0.422. The van der Waals surface area contributed by atoms with Crippen LogP contribution in [0, 0.1) is 5.92 Å². The molecule has 9 heteroatoms. The molecule has 1 saturated heterocycles. The van der Waals surface area contributed by atoms with Gasteiger partial charge in [-0.25, -0.2) is 4.98 Å². The zero-order valence-electron chi connectivity index (χ0n) is 16.0. The van der Waals surface area contributed by atoms with E-state index in [0.717, 1.165) is 4.88 Å². The number of thiophene rings is 1. The fourth-order valence-corrected chi connectivity index (χ4v) is 4.21. The van der Waals surface area contributed by atoms with Gasteiger partial charge in [-0.2, -0.15) is 0 Å². The third-order valence-corrected chi connectivity index (χ3v) is 5.92. The number of rotatable bonds is 5. The maximum absolute atomic E-state index is 12.6. The van der Waals surface area contributed by atoms with Crippen LogP contribution in [0.15, 0.2) is 46.4 Å². The summed E-state index contributed by atoms with van der Waals surface area (Å²) in [6.07, 6.45) is 1.70. The number of aromatic nitrogens is 1. The van der Waals surface area contributed by atoms with E-state index in [9.17, 15) is 9.59 Å². The molecule has 2 aromatic heterocycles. The summed E-state index contributed by atoms with van der Waals surface area (Å²) in [4.78, 5) is 32.1. The van der Waals surface area contributed by atoms with Crippen molar-refractivity contribution in [2.45, 2.75) is 13.0 Å². The molecule has 1 aromatic carbocycles. The van der Waals surface area contributed by atoms with Gasteiger partial charge in [0.05, 0.1) is 23.0 Å². The first kappa shape index (κ1) is 18.7. The number of hydrogen-bond acceptors (Lipinski definition) is 7. The highest BCUT2D eigenvalue weighted by molar-refractivity contribution is 7.13. The number of oxazole rings is 1. The number of ether oxygens (including phenoxy) is 2. The van der Waals surface area contributed by atoms with E-state index in [0.29, 0.717) is 48.5 Å². The number of hydrogen-bond donors (Lipinski definition) is 1. The van der Waals surface area contributed by atoms with Gasteiger partial charge in [-0.3, -0.25) is 9.59 Å². The van der Waals surface area contributed by atoms with Crippen molar-refractivity contribution in [3.05, 3.63) is 47.7 Å². The van der Waals surface area contributed by atoms with Crippen LogP contribution in [0.5, 0.6) is 11.5 Å². The Balaban J connectivity index is 1.21. The highest BCUT2D eigenvalue weighted by Crippen LogP contribution is 2.36. The van der Waals surface area contributed by atoms with Gasteiger partial charge in [0.15, 0.2) is 11.5 Å². The topological polar surface area (TPSA) is 93.9 Å². The van der Waals surface area contributed by atoms with Gasteiger partial charge in [0.25, 0.3) is 0 Å². The predicted molar refractivity (Wildman–Crippen MR) is 110 cm³/mol. The first-order valence-electron chi connectivity index (χ1n) is 9.63. The van der Waals surface area contributed by atoms with E-state index in [-0.39, 0.29) is 24.8 Å². The van der Waals surface area contributed by atoms with Crippen LogP contribution in [0.4, 0.5) is 5.69 Å². The van der Waals surface area contributed by atoms with Crippen molar-refractivity contribution in [1.29, 1.82) is 0 Å². The Morgan fingerprint density at radius 3 is 2.93 bits per heavy atom. The molecule has 0 spiro atoms. The lowest BCUT2D eigenvalue weighted by Gasteiger charge is -2.22. The molecule has 30 heavy (non-hydrogen) atoms. The molecule has 154 valence electrons. The molecule has 2 amide bonds. The van der Waals surface area contributed by atoms with Gasteiger partial charge in [0.1, 0.15) is 19.5 Å². The lowest BCUT2D eigenvalue weighted by molar-refractivity contribution is -0.126. The van der Waals surface area contributed by atoms with E-state index in [2.05, 4.69) is 10.3 Å². The number of fused-ring (bicyclic) bond motifs is 1. The van der Waals surface area contributed by atoms with Crippen LogP contribution in [0.2, 0.25) is 0 Å². The number of carbonyl (C=O) groups is 2. The second kappa shape index (κ2) is 7.83. The second-order valence-electron chi connectivity index (χ2n) is 7.07. The summed E-state index contributed by atoms with van der Waals surface area (Å²) in [7, 11) is 0. The molecular formula is C21H19N3O5S. The Kier molecular flexibility index (Phi) is 4.88. The Hall–Kier alpha value is -3.33. The maximum atomic E-state index is 12.6. The Morgan fingerprint density at radius 1 is 1.23 bits per heavy atom. The van der Waals surface area contributed by atoms with Crippen molar-refractivity contribution in [3.8, 4) is 22.3 Å². The van der Waals surface area contributed by atoms with Crippen LogP contribution in [-0.4, -0.2) is 36.6 Å². The first-order valence-corrected chi connectivity index (χ1v) is 10.5. The molecular weight excluding hydrogens is 406 g/mol. The normalized spacial score (nSPS) is 17.9. The lowest BCUT2D eigenvalue weighted by atomic mass is 10.1. The van der Waals surface area contributed by atoms with Gasteiger partial charge in [0, 0.05) is 24.7 Å². The molecule has 2 aliphatic heterocycles. The van der Waals surface area contributed by atoms with E-state index < -0.39 is 5.92 Å². The van der Waals surface area contributed by atoms with Gasteiger partial charge in [-0.1, -0.05) is 6.07 Å². The molecule has 2 aliphatic rings. The van der Waals surface area contributed by atoms with Gasteiger partial charge < -0.3 is 24.1 Å². The van der Waals surface area contributed by atoms with Crippen molar-refractivity contribution in [3.63, 3.8) is 0 Å². The molecule has 0 aliphatic carbocycles. The van der Waals surface area contributed by atoms with Crippen molar-refractivity contribution >= 4 is 28.8 Å².